The normalized spacial score (nSPS) is 25.4. The maximum atomic E-state index is 5.68. The predicted octanol–water partition coefficient (Wildman–Crippen LogP) is 2.35. The van der Waals surface area contributed by atoms with Crippen LogP contribution in [0, 0.1) is 5.92 Å². The Morgan fingerprint density at radius 3 is 2.75 bits per heavy atom. The second-order valence-corrected chi connectivity index (χ2v) is 5.30. The Bertz CT molecular complexity index is 371. The van der Waals surface area contributed by atoms with Crippen LogP contribution in [0.25, 0.3) is 0 Å². The molecule has 16 heavy (non-hydrogen) atoms. The van der Waals surface area contributed by atoms with Crippen LogP contribution in [0.1, 0.15) is 42.7 Å². The minimum atomic E-state index is 0.534. The molecule has 2 aliphatic rings. The largest absolute Gasteiger partial charge is 0.271 e. The second kappa shape index (κ2) is 4.19. The zero-order chi connectivity index (χ0) is 11.0. The van der Waals surface area contributed by atoms with E-state index in [9.17, 15) is 0 Å². The predicted molar refractivity (Wildman–Crippen MR) is 66.0 cm³/mol. The Morgan fingerprint density at radius 1 is 1.31 bits per heavy atom. The van der Waals surface area contributed by atoms with Crippen molar-refractivity contribution in [3.63, 3.8) is 0 Å². The molecule has 2 unspecified atom stereocenters. The molecule has 3 rings (SSSR count). The van der Waals surface area contributed by atoms with Crippen LogP contribution in [0.4, 0.5) is 0 Å². The van der Waals surface area contributed by atoms with E-state index in [1.54, 1.807) is 5.56 Å². The molecule has 1 aromatic rings. The van der Waals surface area contributed by atoms with Crippen molar-refractivity contribution in [2.75, 3.05) is 0 Å². The van der Waals surface area contributed by atoms with Crippen molar-refractivity contribution >= 4 is 0 Å². The van der Waals surface area contributed by atoms with Crippen LogP contribution in [0.2, 0.25) is 0 Å². The van der Waals surface area contributed by atoms with Gasteiger partial charge >= 0.3 is 0 Å². The fourth-order valence-corrected chi connectivity index (χ4v) is 3.12. The smallest absolute Gasteiger partial charge is 0.0244 e. The average molecular weight is 216 g/mol. The summed E-state index contributed by atoms with van der Waals surface area (Å²) in [5, 5.41) is 0. The van der Waals surface area contributed by atoms with Gasteiger partial charge in [0.15, 0.2) is 0 Å². The first-order valence-electron chi connectivity index (χ1n) is 6.42. The van der Waals surface area contributed by atoms with Gasteiger partial charge in [-0.3, -0.25) is 11.3 Å². The second-order valence-electron chi connectivity index (χ2n) is 5.30. The Kier molecular flexibility index (Phi) is 2.70. The minimum absolute atomic E-state index is 0.534. The zero-order valence-corrected chi connectivity index (χ0v) is 9.65. The van der Waals surface area contributed by atoms with Gasteiger partial charge in [0.1, 0.15) is 0 Å². The third-order valence-corrected chi connectivity index (χ3v) is 4.43. The summed E-state index contributed by atoms with van der Waals surface area (Å²) in [5.41, 5.74) is 6.13. The molecule has 2 atom stereocenters. The van der Waals surface area contributed by atoms with Gasteiger partial charge in [0.05, 0.1) is 0 Å². The molecule has 3 N–H and O–H groups in total. The highest BCUT2D eigenvalue weighted by atomic mass is 15.2. The Morgan fingerprint density at radius 2 is 2.12 bits per heavy atom. The summed E-state index contributed by atoms with van der Waals surface area (Å²) < 4.78 is 0. The van der Waals surface area contributed by atoms with E-state index in [1.165, 1.54) is 37.7 Å². The van der Waals surface area contributed by atoms with E-state index in [-0.39, 0.29) is 0 Å². The monoisotopic (exact) mass is 216 g/mol. The van der Waals surface area contributed by atoms with Crippen LogP contribution in [0.5, 0.6) is 0 Å². The molecule has 2 aliphatic carbocycles. The molecule has 2 nitrogen and oxygen atoms in total. The zero-order valence-electron chi connectivity index (χ0n) is 9.65. The molecule has 0 saturated heterocycles. The molecule has 0 aliphatic heterocycles. The van der Waals surface area contributed by atoms with Gasteiger partial charge in [0.25, 0.3) is 0 Å². The van der Waals surface area contributed by atoms with Crippen LogP contribution in [0.3, 0.4) is 0 Å². The molecule has 0 amide bonds. The summed E-state index contributed by atoms with van der Waals surface area (Å²) in [6.45, 7) is 0. The summed E-state index contributed by atoms with van der Waals surface area (Å²) in [7, 11) is 0. The van der Waals surface area contributed by atoms with Crippen molar-refractivity contribution in [1.82, 2.24) is 5.43 Å². The number of rotatable bonds is 4. The van der Waals surface area contributed by atoms with Crippen molar-refractivity contribution < 1.29 is 0 Å². The standard InChI is InChI=1S/C14H20N2/c15-16-14(10-5-3-6-10)9-12-8-11-4-1-2-7-13(11)12/h1-2,4,7,10,12,14,16H,3,5-6,8-9,15H2. The molecule has 1 fully saturated rings. The van der Waals surface area contributed by atoms with E-state index in [0.717, 1.165) is 11.8 Å². The van der Waals surface area contributed by atoms with E-state index >= 15 is 0 Å². The van der Waals surface area contributed by atoms with E-state index < -0.39 is 0 Å². The van der Waals surface area contributed by atoms with Crippen molar-refractivity contribution in [2.24, 2.45) is 11.8 Å². The molecule has 0 spiro atoms. The molecule has 0 aromatic heterocycles. The van der Waals surface area contributed by atoms with Crippen LogP contribution < -0.4 is 11.3 Å². The maximum Gasteiger partial charge on any atom is 0.0244 e. The van der Waals surface area contributed by atoms with Crippen molar-refractivity contribution in [1.29, 1.82) is 0 Å². The molecule has 0 bridgehead atoms. The first-order valence-corrected chi connectivity index (χ1v) is 6.42. The van der Waals surface area contributed by atoms with Crippen molar-refractivity contribution in [3.8, 4) is 0 Å². The van der Waals surface area contributed by atoms with Gasteiger partial charge in [-0.05, 0) is 48.6 Å². The van der Waals surface area contributed by atoms with Crippen LogP contribution >= 0.6 is 0 Å². The van der Waals surface area contributed by atoms with E-state index in [1.807, 2.05) is 0 Å². The summed E-state index contributed by atoms with van der Waals surface area (Å²) in [6, 6.07) is 9.35. The molecule has 2 heteroatoms. The molecule has 86 valence electrons. The summed E-state index contributed by atoms with van der Waals surface area (Å²) in [6.07, 6.45) is 6.59. The van der Waals surface area contributed by atoms with Crippen LogP contribution in [-0.2, 0) is 6.42 Å². The van der Waals surface area contributed by atoms with Gasteiger partial charge in [-0.1, -0.05) is 30.7 Å². The molecular weight excluding hydrogens is 196 g/mol. The first kappa shape index (κ1) is 10.3. The topological polar surface area (TPSA) is 38.0 Å². The van der Waals surface area contributed by atoms with E-state index in [0.29, 0.717) is 6.04 Å². The molecule has 1 saturated carbocycles. The summed E-state index contributed by atoms with van der Waals surface area (Å²) >= 11 is 0. The fraction of sp³-hybridized carbons (Fsp3) is 0.571. The van der Waals surface area contributed by atoms with Crippen LogP contribution in [0.15, 0.2) is 24.3 Å². The van der Waals surface area contributed by atoms with Crippen molar-refractivity contribution in [2.45, 2.75) is 44.1 Å². The third kappa shape index (κ3) is 1.66. The summed E-state index contributed by atoms with van der Waals surface area (Å²) in [5.74, 6) is 7.26. The minimum Gasteiger partial charge on any atom is -0.271 e. The van der Waals surface area contributed by atoms with Crippen molar-refractivity contribution in [3.05, 3.63) is 35.4 Å². The lowest BCUT2D eigenvalue weighted by Crippen LogP contribution is -2.45. The molecule has 0 radical (unpaired) electrons. The fourth-order valence-electron chi connectivity index (χ4n) is 3.12. The highest BCUT2D eigenvalue weighted by Crippen LogP contribution is 2.41. The number of hydrazine groups is 1. The van der Waals surface area contributed by atoms with Gasteiger partial charge in [-0.2, -0.15) is 0 Å². The van der Waals surface area contributed by atoms with Gasteiger partial charge in [0.2, 0.25) is 0 Å². The highest BCUT2D eigenvalue weighted by molar-refractivity contribution is 5.39. The number of hydrogen-bond acceptors (Lipinski definition) is 2. The average Bonchev–Trinajstić information content (AvgIpc) is 2.21. The molecule has 0 heterocycles. The molecular formula is C14H20N2. The Balaban J connectivity index is 1.64. The van der Waals surface area contributed by atoms with Crippen LogP contribution in [-0.4, -0.2) is 6.04 Å². The highest BCUT2D eigenvalue weighted by Gasteiger charge is 2.32. The number of benzene rings is 1. The lowest BCUT2D eigenvalue weighted by molar-refractivity contribution is 0.208. The first-order chi connectivity index (χ1) is 7.88. The van der Waals surface area contributed by atoms with Gasteiger partial charge in [-0.25, -0.2) is 0 Å². The molecule has 1 aromatic carbocycles. The van der Waals surface area contributed by atoms with E-state index in [4.69, 9.17) is 5.84 Å². The number of fused-ring (bicyclic) bond motifs is 1. The van der Waals surface area contributed by atoms with Gasteiger partial charge in [-0.15, -0.1) is 0 Å². The lowest BCUT2D eigenvalue weighted by atomic mass is 9.70. The number of hydrogen-bond donors (Lipinski definition) is 2. The SMILES string of the molecule is NNC(CC1Cc2ccccc21)C1CCC1. The van der Waals surface area contributed by atoms with Gasteiger partial charge < -0.3 is 0 Å². The number of nitrogens with one attached hydrogen (secondary N) is 1. The quantitative estimate of drug-likeness (QED) is 0.599. The van der Waals surface area contributed by atoms with Gasteiger partial charge in [0, 0.05) is 6.04 Å². The Labute approximate surface area is 97.2 Å². The lowest BCUT2D eigenvalue weighted by Gasteiger charge is -2.38. The summed E-state index contributed by atoms with van der Waals surface area (Å²) in [4.78, 5) is 0. The number of nitrogens with two attached hydrogens (primary N) is 1. The third-order valence-electron chi connectivity index (χ3n) is 4.43. The van der Waals surface area contributed by atoms with E-state index in [2.05, 4.69) is 29.7 Å². The Hall–Kier alpha value is -0.860. The maximum absolute atomic E-state index is 5.68.